The number of allylic oxidation sites excluding steroid dienone is 2. The summed E-state index contributed by atoms with van der Waals surface area (Å²) in [5.74, 6) is -0.713. The molecule has 11 nitrogen and oxygen atoms in total. The van der Waals surface area contributed by atoms with Crippen molar-refractivity contribution in [2.24, 2.45) is 0 Å². The van der Waals surface area contributed by atoms with E-state index in [0.29, 0.717) is 19.3 Å². The second kappa shape index (κ2) is 25.9. The van der Waals surface area contributed by atoms with Crippen LogP contribution in [-0.4, -0.2) is 110 Å². The van der Waals surface area contributed by atoms with Gasteiger partial charge in [-0.1, -0.05) is 109 Å². The minimum Gasteiger partial charge on any atom is -0.394 e. The molecular formula is C34H65NO10. The summed E-state index contributed by atoms with van der Waals surface area (Å²) in [4.78, 5) is 12.9. The zero-order chi connectivity index (χ0) is 33.5. The zero-order valence-corrected chi connectivity index (χ0v) is 27.8. The fourth-order valence-corrected chi connectivity index (χ4v) is 5.48. The van der Waals surface area contributed by atoms with Gasteiger partial charge in [-0.3, -0.25) is 4.79 Å². The van der Waals surface area contributed by atoms with Crippen molar-refractivity contribution < 1.29 is 50.0 Å². The highest BCUT2D eigenvalue weighted by atomic mass is 16.7. The summed E-state index contributed by atoms with van der Waals surface area (Å²) in [5.41, 5.74) is 0. The first-order chi connectivity index (χ1) is 21.7. The Kier molecular flexibility index (Phi) is 24.1. The van der Waals surface area contributed by atoms with Gasteiger partial charge in [-0.2, -0.15) is 0 Å². The van der Waals surface area contributed by atoms with Crippen molar-refractivity contribution >= 4 is 5.91 Å². The van der Waals surface area contributed by atoms with Crippen molar-refractivity contribution in [3.8, 4) is 0 Å². The molecule has 0 aromatic heterocycles. The fourth-order valence-electron chi connectivity index (χ4n) is 5.48. The average Bonchev–Trinajstić information content (AvgIpc) is 3.04. The van der Waals surface area contributed by atoms with Crippen LogP contribution in [0.3, 0.4) is 0 Å². The predicted molar refractivity (Wildman–Crippen MR) is 173 cm³/mol. The number of carbonyl (C=O) groups is 1. The van der Waals surface area contributed by atoms with Crippen LogP contribution in [-0.2, 0) is 14.3 Å². The first-order valence-corrected chi connectivity index (χ1v) is 17.6. The molecule has 0 saturated carbocycles. The molecule has 1 saturated heterocycles. The van der Waals surface area contributed by atoms with E-state index in [1.807, 2.05) is 0 Å². The van der Waals surface area contributed by atoms with Gasteiger partial charge in [-0.05, 0) is 32.1 Å². The molecule has 11 heteroatoms. The Bertz CT molecular complexity index is 754. The number of hydrogen-bond donors (Lipinski definition) is 8. The highest BCUT2D eigenvalue weighted by Gasteiger charge is 2.44. The summed E-state index contributed by atoms with van der Waals surface area (Å²) in [5, 5.41) is 74.7. The maximum atomic E-state index is 12.9. The third-order valence-electron chi connectivity index (χ3n) is 8.57. The van der Waals surface area contributed by atoms with Crippen molar-refractivity contribution in [3.05, 3.63) is 12.2 Å². The fraction of sp³-hybridized carbons (Fsp3) is 0.912. The van der Waals surface area contributed by atoms with Crippen LogP contribution < -0.4 is 5.32 Å². The Morgan fingerprint density at radius 2 is 1.31 bits per heavy atom. The second-order valence-corrected chi connectivity index (χ2v) is 12.6. The lowest BCUT2D eigenvalue weighted by atomic mass is 9.98. The Labute approximate surface area is 271 Å². The van der Waals surface area contributed by atoms with E-state index in [0.717, 1.165) is 51.4 Å². The van der Waals surface area contributed by atoms with Gasteiger partial charge in [0.2, 0.25) is 5.91 Å². The summed E-state index contributed by atoms with van der Waals surface area (Å²) in [7, 11) is 0. The van der Waals surface area contributed by atoms with Gasteiger partial charge in [0.05, 0.1) is 25.4 Å². The lowest BCUT2D eigenvalue weighted by Crippen LogP contribution is -2.60. The number of hydrogen-bond acceptors (Lipinski definition) is 10. The number of unbranched alkanes of at least 4 members (excludes halogenated alkanes) is 13. The monoisotopic (exact) mass is 647 g/mol. The summed E-state index contributed by atoms with van der Waals surface area (Å²) < 4.78 is 11.0. The molecule has 1 aliphatic rings. The van der Waals surface area contributed by atoms with Crippen LogP contribution in [0.1, 0.15) is 129 Å². The lowest BCUT2D eigenvalue weighted by molar-refractivity contribution is -0.303. The molecule has 1 amide bonds. The van der Waals surface area contributed by atoms with Gasteiger partial charge in [0.15, 0.2) is 6.29 Å². The number of ether oxygens (including phenoxy) is 2. The normalized spacial score (nSPS) is 24.9. The van der Waals surface area contributed by atoms with Gasteiger partial charge in [0.25, 0.3) is 0 Å². The van der Waals surface area contributed by atoms with Gasteiger partial charge in [0.1, 0.15) is 36.6 Å². The summed E-state index contributed by atoms with van der Waals surface area (Å²) in [6.07, 6.45) is 10.2. The molecule has 8 N–H and O–H groups in total. The molecule has 0 radical (unpaired) electrons. The van der Waals surface area contributed by atoms with Gasteiger partial charge < -0.3 is 50.5 Å². The van der Waals surface area contributed by atoms with Crippen LogP contribution in [0.4, 0.5) is 0 Å². The van der Waals surface area contributed by atoms with Crippen molar-refractivity contribution in [1.82, 2.24) is 5.32 Å². The van der Waals surface area contributed by atoms with E-state index in [4.69, 9.17) is 9.47 Å². The van der Waals surface area contributed by atoms with Crippen LogP contribution in [0.5, 0.6) is 0 Å². The number of nitrogens with one attached hydrogen (secondary N) is 1. The maximum Gasteiger partial charge on any atom is 0.249 e. The Morgan fingerprint density at radius 3 is 1.93 bits per heavy atom. The molecule has 0 aromatic carbocycles. The predicted octanol–water partition coefficient (Wildman–Crippen LogP) is 2.99. The van der Waals surface area contributed by atoms with Crippen LogP contribution in [0.25, 0.3) is 0 Å². The maximum absolute atomic E-state index is 12.9. The lowest BCUT2D eigenvalue weighted by Gasteiger charge is -2.40. The van der Waals surface area contributed by atoms with E-state index in [1.165, 1.54) is 38.5 Å². The molecule has 0 spiro atoms. The molecule has 45 heavy (non-hydrogen) atoms. The molecule has 1 fully saturated rings. The van der Waals surface area contributed by atoms with E-state index in [9.17, 15) is 40.5 Å². The van der Waals surface area contributed by atoms with E-state index < -0.39 is 74.2 Å². The average molecular weight is 648 g/mol. The third-order valence-corrected chi connectivity index (χ3v) is 8.57. The van der Waals surface area contributed by atoms with E-state index in [2.05, 4.69) is 31.3 Å². The standard InChI is InChI=1S/C34H65NO10/c1-3-5-7-9-11-13-14-16-18-20-22-27(38)33(43)35-25(24-44-34-32(42)31(41)30(40)28(23-36)45-34)29(39)26(37)21-19-17-15-12-10-8-6-4-2/h9,11,25-32,34,36-42H,3-8,10,12-24H2,1-2H3,(H,35,43)/b11-9-. The summed E-state index contributed by atoms with van der Waals surface area (Å²) in [6.45, 7) is 3.29. The number of aliphatic hydroxyl groups excluding tert-OH is 7. The number of amides is 1. The Hall–Kier alpha value is -1.15. The van der Waals surface area contributed by atoms with Crippen molar-refractivity contribution in [1.29, 1.82) is 0 Å². The Morgan fingerprint density at radius 1 is 0.756 bits per heavy atom. The highest BCUT2D eigenvalue weighted by molar-refractivity contribution is 5.80. The number of carbonyl (C=O) groups excluding carboxylic acids is 1. The van der Waals surface area contributed by atoms with Gasteiger partial charge >= 0.3 is 0 Å². The highest BCUT2D eigenvalue weighted by Crippen LogP contribution is 2.23. The van der Waals surface area contributed by atoms with E-state index in [1.54, 1.807) is 0 Å². The zero-order valence-electron chi connectivity index (χ0n) is 27.8. The SMILES string of the molecule is CCCC/C=C\CCCCCCC(O)C(=O)NC(COC1OC(CO)C(O)C(O)C1O)C(O)C(O)CCCCCCCCCC. The summed E-state index contributed by atoms with van der Waals surface area (Å²) in [6, 6.07) is -1.16. The van der Waals surface area contributed by atoms with E-state index >= 15 is 0 Å². The molecule has 9 unspecified atom stereocenters. The van der Waals surface area contributed by atoms with Crippen LogP contribution in [0, 0.1) is 0 Å². The number of aliphatic hydroxyl groups is 7. The first-order valence-electron chi connectivity index (χ1n) is 17.6. The molecule has 1 heterocycles. The van der Waals surface area contributed by atoms with E-state index in [-0.39, 0.29) is 6.42 Å². The van der Waals surface area contributed by atoms with Crippen LogP contribution in [0.15, 0.2) is 12.2 Å². The topological polar surface area (TPSA) is 189 Å². The first kappa shape index (κ1) is 41.9. The number of rotatable bonds is 27. The van der Waals surface area contributed by atoms with Gasteiger partial charge in [-0.15, -0.1) is 0 Å². The third kappa shape index (κ3) is 17.5. The molecule has 1 aliphatic heterocycles. The molecule has 266 valence electrons. The minimum atomic E-state index is -1.66. The molecule has 9 atom stereocenters. The van der Waals surface area contributed by atoms with Crippen molar-refractivity contribution in [2.75, 3.05) is 13.2 Å². The van der Waals surface area contributed by atoms with Gasteiger partial charge in [0, 0.05) is 0 Å². The van der Waals surface area contributed by atoms with Crippen LogP contribution in [0.2, 0.25) is 0 Å². The molecular weight excluding hydrogens is 582 g/mol. The molecule has 0 aliphatic carbocycles. The van der Waals surface area contributed by atoms with Crippen molar-refractivity contribution in [3.63, 3.8) is 0 Å². The molecule has 0 aromatic rings. The quantitative estimate of drug-likeness (QED) is 0.0486. The van der Waals surface area contributed by atoms with Gasteiger partial charge in [-0.25, -0.2) is 0 Å². The smallest absolute Gasteiger partial charge is 0.249 e. The van der Waals surface area contributed by atoms with Crippen LogP contribution >= 0.6 is 0 Å². The molecule has 0 bridgehead atoms. The Balaban J connectivity index is 2.65. The second-order valence-electron chi connectivity index (χ2n) is 12.6. The molecule has 1 rings (SSSR count). The summed E-state index contributed by atoms with van der Waals surface area (Å²) >= 11 is 0. The minimum absolute atomic E-state index is 0.245. The largest absolute Gasteiger partial charge is 0.394 e. The van der Waals surface area contributed by atoms with Crippen molar-refractivity contribution in [2.45, 2.75) is 184 Å².